The van der Waals surface area contributed by atoms with Gasteiger partial charge in [0.15, 0.2) is 0 Å². The quantitative estimate of drug-likeness (QED) is 0.868. The zero-order valence-electron chi connectivity index (χ0n) is 11.4. The van der Waals surface area contributed by atoms with Crippen LogP contribution in [-0.2, 0) is 11.2 Å². The highest BCUT2D eigenvalue weighted by Crippen LogP contribution is 2.22. The van der Waals surface area contributed by atoms with Crippen molar-refractivity contribution in [2.24, 2.45) is 0 Å². The van der Waals surface area contributed by atoms with Crippen LogP contribution >= 0.6 is 11.3 Å². The molecule has 0 aliphatic carbocycles. The van der Waals surface area contributed by atoms with Gasteiger partial charge in [0.2, 0.25) is 5.91 Å². The average Bonchev–Trinajstić information content (AvgIpc) is 3.18. The molecule has 0 saturated carbocycles. The number of amides is 1. The number of hydrogen-bond acceptors (Lipinski definition) is 3. The molecule has 1 amide bonds. The normalized spacial score (nSPS) is 16.5. The molecule has 4 nitrogen and oxygen atoms in total. The molecule has 2 aromatic rings. The molecule has 3 heterocycles. The van der Waals surface area contributed by atoms with Gasteiger partial charge in [0.25, 0.3) is 0 Å². The topological polar surface area (TPSA) is 38.1 Å². The number of hydrogen-bond donors (Lipinski definition) is 0. The molecule has 0 atom stereocenters. The smallest absolute Gasteiger partial charge is 0.222 e. The molecule has 0 unspecified atom stereocenters. The number of likely N-dealkylation sites (tertiary alicyclic amines) is 1. The van der Waals surface area contributed by atoms with Crippen LogP contribution in [0, 0.1) is 0 Å². The van der Waals surface area contributed by atoms with Gasteiger partial charge in [-0.2, -0.15) is 5.10 Å². The van der Waals surface area contributed by atoms with Crippen molar-refractivity contribution in [3.05, 3.63) is 40.8 Å². The lowest BCUT2D eigenvalue weighted by Crippen LogP contribution is -2.39. The predicted octanol–water partition coefficient (Wildman–Crippen LogP) is 2.74. The van der Waals surface area contributed by atoms with E-state index >= 15 is 0 Å². The summed E-state index contributed by atoms with van der Waals surface area (Å²) in [6, 6.07) is 6.55. The van der Waals surface area contributed by atoms with Gasteiger partial charge in [-0.3, -0.25) is 9.48 Å². The summed E-state index contributed by atoms with van der Waals surface area (Å²) in [4.78, 5) is 15.5. The first-order chi connectivity index (χ1) is 9.83. The Morgan fingerprint density at radius 3 is 2.85 bits per heavy atom. The molecule has 2 aromatic heterocycles. The Bertz CT molecular complexity index is 527. The monoisotopic (exact) mass is 289 g/mol. The second-order valence-corrected chi connectivity index (χ2v) is 6.21. The fourth-order valence-electron chi connectivity index (χ4n) is 2.72. The number of rotatable bonds is 4. The summed E-state index contributed by atoms with van der Waals surface area (Å²) in [5.41, 5.74) is 0. The molecular weight excluding hydrogens is 270 g/mol. The van der Waals surface area contributed by atoms with Gasteiger partial charge in [0, 0.05) is 36.8 Å². The predicted molar refractivity (Wildman–Crippen MR) is 79.7 cm³/mol. The molecule has 0 bridgehead atoms. The summed E-state index contributed by atoms with van der Waals surface area (Å²) in [6.45, 7) is 1.71. The maximum Gasteiger partial charge on any atom is 0.222 e. The van der Waals surface area contributed by atoms with E-state index in [2.05, 4.69) is 16.5 Å². The highest BCUT2D eigenvalue weighted by molar-refractivity contribution is 7.09. The number of thiophene rings is 1. The molecule has 3 rings (SSSR count). The van der Waals surface area contributed by atoms with Gasteiger partial charge in [-0.1, -0.05) is 6.07 Å². The molecule has 0 N–H and O–H groups in total. The highest BCUT2D eigenvalue weighted by Gasteiger charge is 2.23. The van der Waals surface area contributed by atoms with E-state index in [1.165, 1.54) is 4.88 Å². The third kappa shape index (κ3) is 3.10. The second kappa shape index (κ2) is 6.22. The summed E-state index contributed by atoms with van der Waals surface area (Å²) < 4.78 is 2.02. The van der Waals surface area contributed by atoms with Gasteiger partial charge in [-0.15, -0.1) is 11.3 Å². The van der Waals surface area contributed by atoms with Gasteiger partial charge in [0.1, 0.15) is 0 Å². The van der Waals surface area contributed by atoms with E-state index in [0.29, 0.717) is 12.5 Å². The molecule has 1 fully saturated rings. The summed E-state index contributed by atoms with van der Waals surface area (Å²) in [7, 11) is 0. The van der Waals surface area contributed by atoms with Crippen LogP contribution in [-0.4, -0.2) is 33.7 Å². The molecule has 1 aliphatic rings. The minimum absolute atomic E-state index is 0.289. The summed E-state index contributed by atoms with van der Waals surface area (Å²) in [5.74, 6) is 0.289. The number of carbonyl (C=O) groups excluding carboxylic acids is 1. The van der Waals surface area contributed by atoms with Crippen LogP contribution in [0.5, 0.6) is 0 Å². The number of aryl methyl sites for hydroxylation is 1. The number of aromatic nitrogens is 2. The Morgan fingerprint density at radius 1 is 1.35 bits per heavy atom. The van der Waals surface area contributed by atoms with Crippen molar-refractivity contribution < 1.29 is 4.79 Å². The van der Waals surface area contributed by atoms with Crippen molar-refractivity contribution in [3.63, 3.8) is 0 Å². The van der Waals surface area contributed by atoms with Crippen LogP contribution < -0.4 is 0 Å². The first kappa shape index (κ1) is 13.4. The van der Waals surface area contributed by atoms with E-state index in [1.54, 1.807) is 11.3 Å². The van der Waals surface area contributed by atoms with Crippen molar-refractivity contribution >= 4 is 17.2 Å². The lowest BCUT2D eigenvalue weighted by atomic mass is 10.0. The maximum atomic E-state index is 12.2. The molecule has 0 spiro atoms. The first-order valence-electron chi connectivity index (χ1n) is 7.12. The fraction of sp³-hybridized carbons (Fsp3) is 0.467. The van der Waals surface area contributed by atoms with Crippen LogP contribution in [0.1, 0.15) is 30.2 Å². The third-order valence-corrected chi connectivity index (χ3v) is 4.82. The zero-order chi connectivity index (χ0) is 13.8. The number of nitrogens with zero attached hydrogens (tertiary/aromatic N) is 3. The molecule has 5 heteroatoms. The molecule has 1 saturated heterocycles. The first-order valence-corrected chi connectivity index (χ1v) is 8.00. The zero-order valence-corrected chi connectivity index (χ0v) is 12.3. The van der Waals surface area contributed by atoms with E-state index in [1.807, 2.05) is 34.1 Å². The number of piperidine rings is 1. The van der Waals surface area contributed by atoms with Crippen LogP contribution in [0.25, 0.3) is 0 Å². The summed E-state index contributed by atoms with van der Waals surface area (Å²) in [5, 5.41) is 6.36. The summed E-state index contributed by atoms with van der Waals surface area (Å²) in [6.07, 6.45) is 7.35. The average molecular weight is 289 g/mol. The Kier molecular flexibility index (Phi) is 4.16. The SMILES string of the molecule is O=C(CCc1cccs1)N1CCC(n2cccn2)CC1. The Hall–Kier alpha value is -1.62. The lowest BCUT2D eigenvalue weighted by molar-refractivity contribution is -0.132. The third-order valence-electron chi connectivity index (χ3n) is 3.88. The van der Waals surface area contributed by atoms with E-state index in [9.17, 15) is 4.79 Å². The highest BCUT2D eigenvalue weighted by atomic mass is 32.1. The van der Waals surface area contributed by atoms with E-state index in [-0.39, 0.29) is 5.91 Å². The maximum absolute atomic E-state index is 12.2. The Balaban J connectivity index is 1.46. The van der Waals surface area contributed by atoms with Gasteiger partial charge in [-0.05, 0) is 36.8 Å². The largest absolute Gasteiger partial charge is 0.343 e. The van der Waals surface area contributed by atoms with E-state index in [4.69, 9.17) is 0 Å². The van der Waals surface area contributed by atoms with Crippen LogP contribution in [0.3, 0.4) is 0 Å². The van der Waals surface area contributed by atoms with Crippen molar-refractivity contribution in [3.8, 4) is 0 Å². The van der Waals surface area contributed by atoms with Crippen molar-refractivity contribution in [1.82, 2.24) is 14.7 Å². The van der Waals surface area contributed by atoms with E-state index in [0.717, 1.165) is 32.4 Å². The van der Waals surface area contributed by atoms with Crippen LogP contribution in [0.15, 0.2) is 36.0 Å². The summed E-state index contributed by atoms with van der Waals surface area (Å²) >= 11 is 1.73. The van der Waals surface area contributed by atoms with Gasteiger partial charge < -0.3 is 4.90 Å². The second-order valence-electron chi connectivity index (χ2n) is 5.18. The van der Waals surface area contributed by atoms with Crippen molar-refractivity contribution in [2.45, 2.75) is 31.7 Å². The van der Waals surface area contributed by atoms with Crippen molar-refractivity contribution in [1.29, 1.82) is 0 Å². The molecule has 0 radical (unpaired) electrons. The lowest BCUT2D eigenvalue weighted by Gasteiger charge is -2.32. The Morgan fingerprint density at radius 2 is 2.20 bits per heavy atom. The Labute approximate surface area is 123 Å². The van der Waals surface area contributed by atoms with Crippen molar-refractivity contribution in [2.75, 3.05) is 13.1 Å². The van der Waals surface area contributed by atoms with Gasteiger partial charge >= 0.3 is 0 Å². The van der Waals surface area contributed by atoms with E-state index < -0.39 is 0 Å². The molecule has 0 aromatic carbocycles. The van der Waals surface area contributed by atoms with Crippen LogP contribution in [0.2, 0.25) is 0 Å². The minimum atomic E-state index is 0.289. The molecule has 106 valence electrons. The van der Waals surface area contributed by atoms with Crippen LogP contribution in [0.4, 0.5) is 0 Å². The minimum Gasteiger partial charge on any atom is -0.343 e. The number of carbonyl (C=O) groups is 1. The molecular formula is C15H19N3OS. The molecule has 1 aliphatic heterocycles. The van der Waals surface area contributed by atoms with Gasteiger partial charge in [-0.25, -0.2) is 0 Å². The molecule has 20 heavy (non-hydrogen) atoms. The standard InChI is InChI=1S/C15H19N3OS/c19-15(5-4-14-3-1-12-20-14)17-10-6-13(7-11-17)18-9-2-8-16-18/h1-3,8-9,12-13H,4-7,10-11H2. The van der Waals surface area contributed by atoms with Gasteiger partial charge in [0.05, 0.1) is 6.04 Å². The fourth-order valence-corrected chi connectivity index (χ4v) is 3.43.